The van der Waals surface area contributed by atoms with E-state index in [1.54, 1.807) is 54.1 Å². The summed E-state index contributed by atoms with van der Waals surface area (Å²) >= 11 is 1.19. The molecule has 1 fully saturated rings. The molecule has 0 saturated heterocycles. The van der Waals surface area contributed by atoms with E-state index in [-0.39, 0.29) is 35.7 Å². The lowest BCUT2D eigenvalue weighted by Gasteiger charge is -2.14. The SMILES string of the molecule is COc1ccccc1NC(=O)CSc1nc2ccccc2c(=O)n1Cc1ccc(C(=O)NC2CC2)cc1. The molecule has 0 unspecified atom stereocenters. The van der Waals surface area contributed by atoms with Crippen LogP contribution in [0.4, 0.5) is 5.69 Å². The minimum atomic E-state index is -0.241. The first-order chi connectivity index (χ1) is 18.0. The number of nitrogens with one attached hydrogen (secondary N) is 2. The zero-order valence-electron chi connectivity index (χ0n) is 20.3. The molecule has 1 saturated carbocycles. The second-order valence-electron chi connectivity index (χ2n) is 8.78. The Morgan fingerprint density at radius 2 is 1.76 bits per heavy atom. The number of ether oxygens (including phenoxy) is 1. The van der Waals surface area contributed by atoms with Crippen LogP contribution in [0.2, 0.25) is 0 Å². The molecule has 9 heteroatoms. The van der Waals surface area contributed by atoms with Crippen LogP contribution in [0.1, 0.15) is 28.8 Å². The molecule has 3 aromatic carbocycles. The molecule has 37 heavy (non-hydrogen) atoms. The Bertz CT molecular complexity index is 1510. The summed E-state index contributed by atoms with van der Waals surface area (Å²) in [7, 11) is 1.55. The Kier molecular flexibility index (Phi) is 7.23. The van der Waals surface area contributed by atoms with E-state index in [0.29, 0.717) is 33.1 Å². The minimum absolute atomic E-state index is 0.0586. The summed E-state index contributed by atoms with van der Waals surface area (Å²) in [4.78, 5) is 43.1. The maximum absolute atomic E-state index is 13.4. The fourth-order valence-electron chi connectivity index (χ4n) is 3.90. The number of hydrogen-bond acceptors (Lipinski definition) is 6. The van der Waals surface area contributed by atoms with Gasteiger partial charge in [0.1, 0.15) is 5.75 Å². The fourth-order valence-corrected chi connectivity index (χ4v) is 4.70. The summed E-state index contributed by atoms with van der Waals surface area (Å²) in [6.45, 7) is 0.262. The summed E-state index contributed by atoms with van der Waals surface area (Å²) < 4.78 is 6.87. The molecule has 0 atom stereocenters. The number of amides is 2. The topological polar surface area (TPSA) is 102 Å². The van der Waals surface area contributed by atoms with Gasteiger partial charge in [-0.15, -0.1) is 0 Å². The quantitative estimate of drug-likeness (QED) is 0.258. The maximum Gasteiger partial charge on any atom is 0.262 e. The highest BCUT2D eigenvalue weighted by Gasteiger charge is 2.23. The first-order valence-corrected chi connectivity index (χ1v) is 13.0. The highest BCUT2D eigenvalue weighted by Crippen LogP contribution is 2.25. The molecule has 0 radical (unpaired) electrons. The number of carbonyl (C=O) groups excluding carboxylic acids is 2. The molecule has 8 nitrogen and oxygen atoms in total. The van der Waals surface area contributed by atoms with Gasteiger partial charge in [0, 0.05) is 11.6 Å². The smallest absolute Gasteiger partial charge is 0.262 e. The van der Waals surface area contributed by atoms with Crippen LogP contribution in [-0.4, -0.2) is 40.3 Å². The molecule has 5 rings (SSSR count). The molecule has 4 aromatic rings. The second-order valence-corrected chi connectivity index (χ2v) is 9.73. The molecule has 1 aromatic heterocycles. The van der Waals surface area contributed by atoms with Gasteiger partial charge in [-0.1, -0.05) is 48.2 Å². The zero-order valence-corrected chi connectivity index (χ0v) is 21.1. The van der Waals surface area contributed by atoms with Crippen LogP contribution in [0.25, 0.3) is 10.9 Å². The number of fused-ring (bicyclic) bond motifs is 1. The third kappa shape index (κ3) is 5.83. The van der Waals surface area contributed by atoms with E-state index in [1.807, 2.05) is 30.3 Å². The van der Waals surface area contributed by atoms with Crippen molar-refractivity contribution in [1.82, 2.24) is 14.9 Å². The van der Waals surface area contributed by atoms with E-state index in [2.05, 4.69) is 15.6 Å². The van der Waals surface area contributed by atoms with E-state index in [9.17, 15) is 14.4 Å². The number of nitrogens with zero attached hydrogens (tertiary/aromatic N) is 2. The standard InChI is InChI=1S/C28H26N4O4S/c1-36-24-9-5-4-8-23(24)30-25(33)17-37-28-31-22-7-3-2-6-21(22)27(35)32(28)16-18-10-12-19(13-11-18)26(34)29-20-14-15-20/h2-13,20H,14-17H2,1H3,(H,29,34)(H,30,33). The van der Waals surface area contributed by atoms with E-state index < -0.39 is 0 Å². The van der Waals surface area contributed by atoms with Crippen molar-refractivity contribution in [3.8, 4) is 5.75 Å². The molecule has 0 aliphatic heterocycles. The molecule has 1 heterocycles. The average molecular weight is 515 g/mol. The van der Waals surface area contributed by atoms with Crippen molar-refractivity contribution in [2.24, 2.45) is 0 Å². The Morgan fingerprint density at radius 3 is 2.51 bits per heavy atom. The van der Waals surface area contributed by atoms with Crippen molar-refractivity contribution < 1.29 is 14.3 Å². The molecule has 2 N–H and O–H groups in total. The van der Waals surface area contributed by atoms with E-state index in [0.717, 1.165) is 18.4 Å². The molecule has 188 valence electrons. The lowest BCUT2D eigenvalue weighted by atomic mass is 10.1. The molecule has 0 spiro atoms. The van der Waals surface area contributed by atoms with E-state index >= 15 is 0 Å². The molecule has 1 aliphatic carbocycles. The molecule has 2 amide bonds. The lowest BCUT2D eigenvalue weighted by molar-refractivity contribution is -0.113. The largest absolute Gasteiger partial charge is 0.495 e. The number of para-hydroxylation sites is 3. The first-order valence-electron chi connectivity index (χ1n) is 12.0. The van der Waals surface area contributed by atoms with Crippen LogP contribution in [0, 0.1) is 0 Å². The van der Waals surface area contributed by atoms with Crippen LogP contribution >= 0.6 is 11.8 Å². The third-order valence-corrected chi connectivity index (χ3v) is 6.99. The summed E-state index contributed by atoms with van der Waals surface area (Å²) in [6.07, 6.45) is 2.05. The van der Waals surface area contributed by atoms with Gasteiger partial charge in [0.15, 0.2) is 5.16 Å². The molecular formula is C28H26N4O4S. The Balaban J connectivity index is 1.37. The minimum Gasteiger partial charge on any atom is -0.495 e. The number of carbonyl (C=O) groups is 2. The van der Waals surface area contributed by atoms with Gasteiger partial charge < -0.3 is 15.4 Å². The summed E-state index contributed by atoms with van der Waals surface area (Å²) in [5.74, 6) is 0.296. The van der Waals surface area contributed by atoms with Crippen molar-refractivity contribution in [2.45, 2.75) is 30.6 Å². The Hall–Kier alpha value is -4.11. The monoisotopic (exact) mass is 514 g/mol. The van der Waals surface area contributed by atoms with Crippen LogP contribution in [0.3, 0.4) is 0 Å². The van der Waals surface area contributed by atoms with Gasteiger partial charge >= 0.3 is 0 Å². The number of anilines is 1. The maximum atomic E-state index is 13.4. The summed E-state index contributed by atoms with van der Waals surface area (Å²) in [5, 5.41) is 6.77. The lowest BCUT2D eigenvalue weighted by Crippen LogP contribution is -2.26. The van der Waals surface area contributed by atoms with Gasteiger partial charge in [-0.25, -0.2) is 4.98 Å². The van der Waals surface area contributed by atoms with Gasteiger partial charge in [-0.05, 0) is 54.8 Å². The van der Waals surface area contributed by atoms with Crippen LogP contribution in [0.5, 0.6) is 5.75 Å². The number of methoxy groups -OCH3 is 1. The van der Waals surface area contributed by atoms with Gasteiger partial charge in [-0.2, -0.15) is 0 Å². The van der Waals surface area contributed by atoms with Gasteiger partial charge in [0.25, 0.3) is 11.5 Å². The van der Waals surface area contributed by atoms with Gasteiger partial charge in [0.05, 0.1) is 36.0 Å². The molecule has 1 aliphatic rings. The van der Waals surface area contributed by atoms with Crippen LogP contribution in [-0.2, 0) is 11.3 Å². The van der Waals surface area contributed by atoms with Crippen molar-refractivity contribution >= 4 is 40.2 Å². The van der Waals surface area contributed by atoms with Gasteiger partial charge in [0.2, 0.25) is 5.91 Å². The van der Waals surface area contributed by atoms with Crippen LogP contribution in [0.15, 0.2) is 82.7 Å². The average Bonchev–Trinajstić information content (AvgIpc) is 3.74. The number of hydrogen-bond donors (Lipinski definition) is 2. The second kappa shape index (κ2) is 10.9. The van der Waals surface area contributed by atoms with Crippen molar-refractivity contribution in [2.75, 3.05) is 18.2 Å². The van der Waals surface area contributed by atoms with Crippen molar-refractivity contribution in [1.29, 1.82) is 0 Å². The predicted octanol–water partition coefficient (Wildman–Crippen LogP) is 4.08. The van der Waals surface area contributed by atoms with Crippen molar-refractivity contribution in [3.63, 3.8) is 0 Å². The fraction of sp³-hybridized carbons (Fsp3) is 0.214. The third-order valence-electron chi connectivity index (χ3n) is 6.01. The Labute approximate surface area is 218 Å². The number of rotatable bonds is 9. The van der Waals surface area contributed by atoms with Crippen molar-refractivity contribution in [3.05, 3.63) is 94.3 Å². The van der Waals surface area contributed by atoms with Crippen LogP contribution < -0.4 is 20.9 Å². The van der Waals surface area contributed by atoms with E-state index in [4.69, 9.17) is 4.74 Å². The number of thioether (sulfide) groups is 1. The highest BCUT2D eigenvalue weighted by atomic mass is 32.2. The zero-order chi connectivity index (χ0) is 25.8. The highest BCUT2D eigenvalue weighted by molar-refractivity contribution is 7.99. The predicted molar refractivity (Wildman–Crippen MR) is 144 cm³/mol. The number of aromatic nitrogens is 2. The summed E-state index contributed by atoms with van der Waals surface area (Å²) in [6, 6.07) is 21.8. The molecule has 0 bridgehead atoms. The molecular weight excluding hydrogens is 488 g/mol. The normalized spacial score (nSPS) is 12.8. The van der Waals surface area contributed by atoms with Gasteiger partial charge in [-0.3, -0.25) is 19.0 Å². The summed E-state index contributed by atoms with van der Waals surface area (Å²) in [5.41, 5.74) is 2.40. The Morgan fingerprint density at radius 1 is 1.03 bits per heavy atom. The van der Waals surface area contributed by atoms with E-state index in [1.165, 1.54) is 11.8 Å². The number of benzene rings is 3. The first kappa shape index (κ1) is 24.6.